The van der Waals surface area contributed by atoms with E-state index in [1.807, 2.05) is 12.1 Å². The normalized spacial score (nSPS) is 25.1. The molecule has 2 amide bonds. The summed E-state index contributed by atoms with van der Waals surface area (Å²) in [7, 11) is 0. The van der Waals surface area contributed by atoms with Gasteiger partial charge in [-0.05, 0) is 37.0 Å². The molecule has 2 unspecified atom stereocenters. The summed E-state index contributed by atoms with van der Waals surface area (Å²) < 4.78 is 0. The molecule has 2 N–H and O–H groups in total. The molecule has 20 heavy (non-hydrogen) atoms. The Morgan fingerprint density at radius 2 is 1.70 bits per heavy atom. The zero-order valence-corrected chi connectivity index (χ0v) is 11.9. The highest BCUT2D eigenvalue weighted by Gasteiger charge is 2.45. The molecule has 1 heterocycles. The first-order chi connectivity index (χ1) is 9.56. The molecular formula is C15H16N2O2S. The molecule has 1 saturated heterocycles. The number of amides is 2. The average Bonchev–Trinajstić information content (AvgIpc) is 2.85. The van der Waals surface area contributed by atoms with Crippen LogP contribution in [0.3, 0.4) is 0 Å². The lowest BCUT2D eigenvalue weighted by Crippen LogP contribution is -2.46. The van der Waals surface area contributed by atoms with E-state index >= 15 is 0 Å². The molecule has 5 heteroatoms. The topological polar surface area (TPSA) is 63.4 Å². The van der Waals surface area contributed by atoms with Crippen LogP contribution in [-0.4, -0.2) is 16.8 Å². The van der Waals surface area contributed by atoms with E-state index in [0.717, 1.165) is 24.8 Å². The third-order valence-electron chi connectivity index (χ3n) is 4.14. The number of piperidine rings is 1. The fourth-order valence-electron chi connectivity index (χ4n) is 3.12. The second kappa shape index (κ2) is 4.98. The Kier molecular flexibility index (Phi) is 3.30. The van der Waals surface area contributed by atoms with E-state index < -0.39 is 0 Å². The molecule has 4 nitrogen and oxygen atoms in total. The summed E-state index contributed by atoms with van der Waals surface area (Å²) in [6.07, 6.45) is 2.94. The zero-order valence-electron chi connectivity index (χ0n) is 11.0. The number of carbonyl (C=O) groups is 2. The molecule has 3 rings (SSSR count). The van der Waals surface area contributed by atoms with E-state index in [4.69, 9.17) is 18.0 Å². The summed E-state index contributed by atoms with van der Waals surface area (Å²) in [6, 6.07) is 7.33. The highest BCUT2D eigenvalue weighted by atomic mass is 32.1. The van der Waals surface area contributed by atoms with Crippen LogP contribution in [-0.2, 0) is 16.0 Å². The van der Waals surface area contributed by atoms with Crippen molar-refractivity contribution in [2.24, 2.45) is 17.6 Å². The summed E-state index contributed by atoms with van der Waals surface area (Å²) in [5.41, 5.74) is 7.15. The van der Waals surface area contributed by atoms with Gasteiger partial charge in [-0.1, -0.05) is 24.4 Å². The SMILES string of the molecule is NC(=S)Cc1ccc(N2C(=O)C3CCC(C3)C2=O)cc1. The van der Waals surface area contributed by atoms with Crippen LogP contribution in [0.5, 0.6) is 0 Å². The van der Waals surface area contributed by atoms with Crippen molar-refractivity contribution in [2.75, 3.05) is 4.90 Å². The standard InChI is InChI=1S/C15H16N2O2S/c16-13(20)7-9-1-5-12(6-2-9)17-14(18)10-3-4-11(8-10)15(17)19/h1-2,5-6,10-11H,3-4,7-8H2,(H2,16,20). The fourth-order valence-corrected chi connectivity index (χ4v) is 3.29. The second-order valence-electron chi connectivity index (χ2n) is 5.53. The molecule has 2 bridgehead atoms. The van der Waals surface area contributed by atoms with E-state index in [1.165, 1.54) is 4.90 Å². The van der Waals surface area contributed by atoms with Gasteiger partial charge >= 0.3 is 0 Å². The van der Waals surface area contributed by atoms with Crippen LogP contribution in [0.15, 0.2) is 24.3 Å². The molecule has 1 aromatic rings. The Bertz CT molecular complexity index is 560. The summed E-state index contributed by atoms with van der Waals surface area (Å²) in [5.74, 6) is -0.0558. The smallest absolute Gasteiger partial charge is 0.236 e. The first-order valence-corrected chi connectivity index (χ1v) is 7.22. The quantitative estimate of drug-likeness (QED) is 0.680. The Labute approximate surface area is 122 Å². The van der Waals surface area contributed by atoms with Crippen molar-refractivity contribution < 1.29 is 9.59 Å². The van der Waals surface area contributed by atoms with E-state index in [-0.39, 0.29) is 23.7 Å². The molecule has 2 aliphatic rings. The number of fused-ring (bicyclic) bond motifs is 2. The number of hydrogen-bond acceptors (Lipinski definition) is 3. The number of carbonyl (C=O) groups excluding carboxylic acids is 2. The van der Waals surface area contributed by atoms with Crippen LogP contribution in [0.2, 0.25) is 0 Å². The average molecular weight is 288 g/mol. The maximum Gasteiger partial charge on any atom is 0.236 e. The van der Waals surface area contributed by atoms with Gasteiger partial charge in [-0.3, -0.25) is 14.5 Å². The number of imide groups is 1. The fraction of sp³-hybridized carbons (Fsp3) is 0.400. The van der Waals surface area contributed by atoms with Crippen molar-refractivity contribution >= 4 is 34.7 Å². The van der Waals surface area contributed by atoms with Gasteiger partial charge < -0.3 is 5.73 Å². The molecule has 1 saturated carbocycles. The number of benzene rings is 1. The minimum Gasteiger partial charge on any atom is -0.393 e. The number of nitrogens with two attached hydrogens (primary N) is 1. The third-order valence-corrected chi connectivity index (χ3v) is 4.29. The van der Waals surface area contributed by atoms with Crippen LogP contribution < -0.4 is 10.6 Å². The van der Waals surface area contributed by atoms with Gasteiger partial charge in [-0.15, -0.1) is 0 Å². The molecule has 0 aromatic heterocycles. The number of nitrogens with zero attached hydrogens (tertiary/aromatic N) is 1. The van der Waals surface area contributed by atoms with Crippen LogP contribution >= 0.6 is 12.2 Å². The minimum absolute atomic E-state index is 0.0222. The lowest BCUT2D eigenvalue weighted by atomic mass is 9.96. The first kappa shape index (κ1) is 13.2. The van der Waals surface area contributed by atoms with Crippen molar-refractivity contribution in [3.63, 3.8) is 0 Å². The largest absolute Gasteiger partial charge is 0.393 e. The van der Waals surface area contributed by atoms with Crippen molar-refractivity contribution in [3.05, 3.63) is 29.8 Å². The summed E-state index contributed by atoms with van der Waals surface area (Å²) in [4.78, 5) is 26.4. The van der Waals surface area contributed by atoms with Gasteiger partial charge in [0.05, 0.1) is 10.7 Å². The molecule has 2 atom stereocenters. The van der Waals surface area contributed by atoms with Crippen molar-refractivity contribution in [1.82, 2.24) is 0 Å². The molecule has 1 aromatic carbocycles. The number of rotatable bonds is 3. The van der Waals surface area contributed by atoms with Crippen LogP contribution in [0.1, 0.15) is 24.8 Å². The van der Waals surface area contributed by atoms with Gasteiger partial charge in [0.1, 0.15) is 0 Å². The predicted octanol–water partition coefficient (Wildman–Crippen LogP) is 1.80. The monoisotopic (exact) mass is 288 g/mol. The minimum atomic E-state index is -0.0501. The molecule has 1 aliphatic carbocycles. The van der Waals surface area contributed by atoms with Crippen LogP contribution in [0, 0.1) is 11.8 Å². The summed E-state index contributed by atoms with van der Waals surface area (Å²) in [6.45, 7) is 0. The Balaban J connectivity index is 1.86. The van der Waals surface area contributed by atoms with Crippen molar-refractivity contribution in [2.45, 2.75) is 25.7 Å². The summed E-state index contributed by atoms with van der Waals surface area (Å²) in [5, 5.41) is 0. The molecule has 0 spiro atoms. The molecule has 0 radical (unpaired) electrons. The maximum atomic E-state index is 12.3. The predicted molar refractivity (Wildman–Crippen MR) is 80.3 cm³/mol. The van der Waals surface area contributed by atoms with Crippen molar-refractivity contribution in [1.29, 1.82) is 0 Å². The molecule has 1 aliphatic heterocycles. The maximum absolute atomic E-state index is 12.3. The van der Waals surface area contributed by atoms with Gasteiger partial charge in [0.2, 0.25) is 11.8 Å². The molecule has 104 valence electrons. The summed E-state index contributed by atoms with van der Waals surface area (Å²) >= 11 is 4.87. The van der Waals surface area contributed by atoms with E-state index in [2.05, 4.69) is 0 Å². The Hall–Kier alpha value is -1.75. The van der Waals surface area contributed by atoms with Gasteiger partial charge in [-0.2, -0.15) is 0 Å². The van der Waals surface area contributed by atoms with Gasteiger partial charge in [0.25, 0.3) is 0 Å². The van der Waals surface area contributed by atoms with Gasteiger partial charge in [0, 0.05) is 18.3 Å². The zero-order chi connectivity index (χ0) is 14.3. The molecule has 2 fully saturated rings. The highest BCUT2D eigenvalue weighted by Crippen LogP contribution is 2.39. The number of anilines is 1. The van der Waals surface area contributed by atoms with Gasteiger partial charge in [0.15, 0.2) is 0 Å². The van der Waals surface area contributed by atoms with Crippen molar-refractivity contribution in [3.8, 4) is 0 Å². The van der Waals surface area contributed by atoms with E-state index in [9.17, 15) is 9.59 Å². The third kappa shape index (κ3) is 2.22. The number of thiocarbonyl (C=S) groups is 1. The lowest BCUT2D eigenvalue weighted by molar-refractivity contribution is -0.132. The van der Waals surface area contributed by atoms with Crippen LogP contribution in [0.4, 0.5) is 5.69 Å². The second-order valence-corrected chi connectivity index (χ2v) is 6.05. The van der Waals surface area contributed by atoms with E-state index in [0.29, 0.717) is 17.1 Å². The Morgan fingerprint density at radius 3 is 2.20 bits per heavy atom. The lowest BCUT2D eigenvalue weighted by Gasteiger charge is -2.29. The first-order valence-electron chi connectivity index (χ1n) is 6.81. The number of hydrogen-bond donors (Lipinski definition) is 1. The van der Waals surface area contributed by atoms with Crippen LogP contribution in [0.25, 0.3) is 0 Å². The van der Waals surface area contributed by atoms with E-state index in [1.54, 1.807) is 12.1 Å². The van der Waals surface area contributed by atoms with Gasteiger partial charge in [-0.25, -0.2) is 0 Å². The highest BCUT2D eigenvalue weighted by molar-refractivity contribution is 7.80. The Morgan fingerprint density at radius 1 is 1.15 bits per heavy atom. The molecular weight excluding hydrogens is 272 g/mol.